The number of ether oxygens (including phenoxy) is 5. The third kappa shape index (κ3) is 10.1. The van der Waals surface area contributed by atoms with Gasteiger partial charge < -0.3 is 43.0 Å². The number of amides is 1. The van der Waals surface area contributed by atoms with Crippen LogP contribution in [0.1, 0.15) is 27.7 Å². The predicted octanol–water partition coefficient (Wildman–Crippen LogP) is 1.61. The van der Waals surface area contributed by atoms with E-state index in [9.17, 15) is 4.79 Å². The molecule has 1 N–H and O–H groups in total. The van der Waals surface area contributed by atoms with Crippen molar-refractivity contribution in [1.29, 1.82) is 0 Å². The van der Waals surface area contributed by atoms with Crippen LogP contribution in [-0.4, -0.2) is 71.8 Å². The van der Waals surface area contributed by atoms with E-state index >= 15 is 0 Å². The molecule has 9 heteroatoms. The van der Waals surface area contributed by atoms with Crippen LogP contribution in [0, 0.1) is 10.8 Å². The number of hydrogen-bond acceptors (Lipinski definition) is 7. The number of rotatable bonds is 13. The number of methoxy groups -OCH3 is 1. The standard InChI is InChI=1S/C17H33NO7P/c1-16(2,9-20-5)11-22-12-17(3,4)10-21-8-14(19)18-6-13-7-23-15(24-13)25-26/h13,15,26H,6-12H2,1-5H3,(H,18,19)/q-1. The van der Waals surface area contributed by atoms with Gasteiger partial charge in [0.05, 0.1) is 33.0 Å². The lowest BCUT2D eigenvalue weighted by molar-refractivity contribution is -0.178. The molecule has 1 rings (SSSR count). The zero-order valence-electron chi connectivity index (χ0n) is 16.5. The number of carbonyl (C=O) groups is 1. The van der Waals surface area contributed by atoms with Gasteiger partial charge in [0.15, 0.2) is 0 Å². The van der Waals surface area contributed by atoms with Crippen molar-refractivity contribution in [2.45, 2.75) is 40.3 Å². The van der Waals surface area contributed by atoms with Gasteiger partial charge in [0.2, 0.25) is 12.4 Å². The Morgan fingerprint density at radius 3 is 2.31 bits per heavy atom. The zero-order valence-corrected chi connectivity index (χ0v) is 17.5. The second-order valence-corrected chi connectivity index (χ2v) is 8.28. The summed E-state index contributed by atoms with van der Waals surface area (Å²) in [4.78, 5) is 11.8. The Balaban J connectivity index is 2.13. The minimum absolute atomic E-state index is 0.00972. The highest BCUT2D eigenvalue weighted by molar-refractivity contribution is 7.09. The first-order valence-electron chi connectivity index (χ1n) is 8.68. The minimum atomic E-state index is -0.737. The Morgan fingerprint density at radius 1 is 1.12 bits per heavy atom. The summed E-state index contributed by atoms with van der Waals surface area (Å²) >= 11 is 0. The maximum Gasteiger partial charge on any atom is 0.246 e. The van der Waals surface area contributed by atoms with E-state index in [1.54, 1.807) is 7.11 Å². The highest BCUT2D eigenvalue weighted by Gasteiger charge is 2.25. The van der Waals surface area contributed by atoms with Crippen LogP contribution in [-0.2, 0) is 33.0 Å². The Hall–Kier alpha value is -0.340. The molecule has 1 saturated heterocycles. The molecule has 0 spiro atoms. The minimum Gasteiger partial charge on any atom is -0.517 e. The molecule has 0 radical (unpaired) electrons. The summed E-state index contributed by atoms with van der Waals surface area (Å²) in [7, 11) is 4.53. The van der Waals surface area contributed by atoms with Crippen molar-refractivity contribution in [2.75, 3.05) is 53.3 Å². The summed E-state index contributed by atoms with van der Waals surface area (Å²) in [5.74, 6) is -0.200. The molecule has 0 aromatic carbocycles. The molecule has 0 aliphatic carbocycles. The Morgan fingerprint density at radius 2 is 1.73 bits per heavy atom. The van der Waals surface area contributed by atoms with Crippen molar-refractivity contribution in [3.05, 3.63) is 0 Å². The fourth-order valence-corrected chi connectivity index (χ4v) is 2.49. The number of carbonyl (C=O) groups excluding carboxylic acids is 1. The van der Waals surface area contributed by atoms with E-state index in [0.717, 1.165) is 0 Å². The molecule has 0 bridgehead atoms. The SMILES string of the molecule is COCC(C)(C)COCC(C)(C)COCC(=O)NCC1COC(O[PH-])O1. The second-order valence-electron chi connectivity index (χ2n) is 8.05. The number of hydrogen-bond donors (Lipinski definition) is 1. The normalized spacial score (nSPS) is 21.2. The third-order valence-electron chi connectivity index (χ3n) is 3.59. The van der Waals surface area contributed by atoms with Crippen molar-refractivity contribution in [1.82, 2.24) is 5.32 Å². The van der Waals surface area contributed by atoms with E-state index in [0.29, 0.717) is 39.6 Å². The van der Waals surface area contributed by atoms with Crippen LogP contribution in [0.3, 0.4) is 0 Å². The average Bonchev–Trinajstić information content (AvgIpc) is 3.00. The molecule has 1 amide bonds. The predicted molar refractivity (Wildman–Crippen MR) is 98.1 cm³/mol. The summed E-state index contributed by atoms with van der Waals surface area (Å²) < 4.78 is 31.7. The lowest BCUT2D eigenvalue weighted by Crippen LogP contribution is -2.37. The first-order chi connectivity index (χ1) is 12.2. The second kappa shape index (κ2) is 11.5. The van der Waals surface area contributed by atoms with E-state index in [4.69, 9.17) is 28.2 Å². The molecule has 0 saturated carbocycles. The van der Waals surface area contributed by atoms with Gasteiger partial charge in [-0.25, -0.2) is 0 Å². The fourth-order valence-electron chi connectivity index (χ4n) is 2.37. The van der Waals surface area contributed by atoms with Crippen LogP contribution in [0.15, 0.2) is 0 Å². The van der Waals surface area contributed by atoms with Gasteiger partial charge in [-0.3, -0.25) is 4.79 Å². The van der Waals surface area contributed by atoms with E-state index in [-0.39, 0.29) is 29.4 Å². The van der Waals surface area contributed by atoms with Crippen LogP contribution in [0.2, 0.25) is 0 Å². The molecule has 0 aromatic heterocycles. The lowest BCUT2D eigenvalue weighted by Gasteiger charge is -2.28. The van der Waals surface area contributed by atoms with Crippen LogP contribution in [0.4, 0.5) is 0 Å². The molecule has 1 heterocycles. The monoisotopic (exact) mass is 394 g/mol. The van der Waals surface area contributed by atoms with Crippen molar-refractivity contribution >= 4 is 15.4 Å². The van der Waals surface area contributed by atoms with Crippen molar-refractivity contribution in [3.8, 4) is 0 Å². The number of nitrogens with one attached hydrogen (secondary N) is 1. The molecular weight excluding hydrogens is 361 g/mol. The largest absolute Gasteiger partial charge is 0.517 e. The van der Waals surface area contributed by atoms with E-state index < -0.39 is 6.48 Å². The fraction of sp³-hybridized carbons (Fsp3) is 0.941. The van der Waals surface area contributed by atoms with Gasteiger partial charge in [0.1, 0.15) is 12.7 Å². The topological polar surface area (TPSA) is 84.5 Å². The molecule has 154 valence electrons. The molecule has 2 atom stereocenters. The van der Waals surface area contributed by atoms with Crippen molar-refractivity contribution in [3.63, 3.8) is 0 Å². The van der Waals surface area contributed by atoms with Gasteiger partial charge in [-0.2, -0.15) is 0 Å². The van der Waals surface area contributed by atoms with Gasteiger partial charge in [0, 0.05) is 24.5 Å². The van der Waals surface area contributed by atoms with Gasteiger partial charge in [-0.1, -0.05) is 27.7 Å². The maximum atomic E-state index is 11.8. The maximum absolute atomic E-state index is 11.8. The van der Waals surface area contributed by atoms with Crippen molar-refractivity contribution < 1.29 is 33.0 Å². The highest BCUT2D eigenvalue weighted by Crippen LogP contribution is 2.20. The van der Waals surface area contributed by atoms with Crippen LogP contribution in [0.25, 0.3) is 0 Å². The lowest BCUT2D eigenvalue weighted by atomic mass is 9.94. The van der Waals surface area contributed by atoms with E-state index in [2.05, 4.69) is 28.6 Å². The summed E-state index contributed by atoms with van der Waals surface area (Å²) in [6.45, 7) is 10.4. The van der Waals surface area contributed by atoms with Gasteiger partial charge in [0.25, 0.3) is 0 Å². The Labute approximate surface area is 158 Å². The molecule has 1 fully saturated rings. The average molecular weight is 394 g/mol. The molecule has 8 nitrogen and oxygen atoms in total. The summed E-state index contributed by atoms with van der Waals surface area (Å²) in [6.07, 6.45) is -0.236. The molecule has 1 aliphatic rings. The summed E-state index contributed by atoms with van der Waals surface area (Å²) in [6, 6.07) is 0. The van der Waals surface area contributed by atoms with Gasteiger partial charge in [-0.15, -0.1) is 0 Å². The summed E-state index contributed by atoms with van der Waals surface area (Å²) in [5.41, 5.74) is -0.220. The van der Waals surface area contributed by atoms with E-state index in [1.165, 1.54) is 0 Å². The van der Waals surface area contributed by atoms with Gasteiger partial charge in [-0.05, 0) is 0 Å². The summed E-state index contributed by atoms with van der Waals surface area (Å²) in [5, 5.41) is 2.75. The molecule has 26 heavy (non-hydrogen) atoms. The first kappa shape index (κ1) is 23.7. The molecular formula is C17H33NO7P-. The Kier molecular flexibility index (Phi) is 10.5. The zero-order chi connectivity index (χ0) is 19.6. The van der Waals surface area contributed by atoms with Crippen LogP contribution < -0.4 is 5.32 Å². The van der Waals surface area contributed by atoms with Crippen LogP contribution >= 0.6 is 9.47 Å². The smallest absolute Gasteiger partial charge is 0.246 e. The third-order valence-corrected chi connectivity index (χ3v) is 3.78. The highest BCUT2D eigenvalue weighted by atomic mass is 31.0. The molecule has 2 unspecified atom stereocenters. The molecule has 0 aromatic rings. The van der Waals surface area contributed by atoms with Crippen molar-refractivity contribution in [2.24, 2.45) is 10.8 Å². The van der Waals surface area contributed by atoms with Crippen LogP contribution in [0.5, 0.6) is 0 Å². The first-order valence-corrected chi connectivity index (χ1v) is 9.09. The quantitative estimate of drug-likeness (QED) is 0.475. The van der Waals surface area contributed by atoms with Gasteiger partial charge >= 0.3 is 0 Å². The molecule has 1 aliphatic heterocycles. The Bertz CT molecular complexity index is 420. The van der Waals surface area contributed by atoms with E-state index in [1.807, 2.05) is 13.8 Å².